The van der Waals surface area contributed by atoms with Gasteiger partial charge in [-0.05, 0) is 36.8 Å². The molecule has 3 heteroatoms. The summed E-state index contributed by atoms with van der Waals surface area (Å²) in [6.07, 6.45) is 0. The van der Waals surface area contributed by atoms with Crippen LogP contribution in [-0.4, -0.2) is 12.9 Å². The zero-order valence-electron chi connectivity index (χ0n) is 11.1. The molecule has 19 heavy (non-hydrogen) atoms. The van der Waals surface area contributed by atoms with Crippen molar-refractivity contribution < 1.29 is 9.53 Å². The first-order valence-electron chi connectivity index (χ1n) is 6.06. The van der Waals surface area contributed by atoms with E-state index < -0.39 is 0 Å². The molecule has 0 aliphatic heterocycles. The highest BCUT2D eigenvalue weighted by Crippen LogP contribution is 2.24. The van der Waals surface area contributed by atoms with Crippen molar-refractivity contribution >= 4 is 17.5 Å². The van der Waals surface area contributed by atoms with Crippen LogP contribution in [0.25, 0.3) is 0 Å². The Balaban J connectivity index is 1.99. The van der Waals surface area contributed by atoms with Gasteiger partial charge in [-0.3, -0.25) is 4.79 Å². The maximum Gasteiger partial charge on any atom is 0.159 e. The minimum absolute atomic E-state index is 0.101. The van der Waals surface area contributed by atoms with E-state index in [-0.39, 0.29) is 5.78 Å². The average Bonchev–Trinajstić information content (AvgIpc) is 2.46. The van der Waals surface area contributed by atoms with E-state index in [4.69, 9.17) is 4.74 Å². The molecule has 0 N–H and O–H groups in total. The molecule has 0 amide bonds. The highest BCUT2D eigenvalue weighted by atomic mass is 32.2. The lowest BCUT2D eigenvalue weighted by atomic mass is 10.2. The molecule has 0 aromatic heterocycles. The summed E-state index contributed by atoms with van der Waals surface area (Å²) in [5.74, 6) is 1.87. The smallest absolute Gasteiger partial charge is 0.159 e. The van der Waals surface area contributed by atoms with E-state index in [0.29, 0.717) is 0 Å². The number of methoxy groups -OCH3 is 1. The number of hydrogen-bond donors (Lipinski definition) is 0. The second kappa shape index (κ2) is 6.43. The Morgan fingerprint density at radius 2 is 1.89 bits per heavy atom. The lowest BCUT2D eigenvalue weighted by Crippen LogP contribution is -1.90. The number of hydrogen-bond acceptors (Lipinski definition) is 3. The predicted octanol–water partition coefficient (Wildman–Crippen LogP) is 4.19. The number of carbonyl (C=O) groups is 1. The van der Waals surface area contributed by atoms with Gasteiger partial charge >= 0.3 is 0 Å². The number of benzene rings is 2. The standard InChI is InChI=1S/C16H16O2S/c1-12(17)14-6-8-16(9-7-14)19-11-13-4-3-5-15(10-13)18-2/h3-10H,11H2,1-2H3. The molecule has 0 unspecified atom stereocenters. The summed E-state index contributed by atoms with van der Waals surface area (Å²) in [5, 5.41) is 0. The molecule has 2 nitrogen and oxygen atoms in total. The lowest BCUT2D eigenvalue weighted by molar-refractivity contribution is 0.101. The SMILES string of the molecule is COc1cccc(CSc2ccc(C(C)=O)cc2)c1. The van der Waals surface area contributed by atoms with E-state index in [9.17, 15) is 4.79 Å². The van der Waals surface area contributed by atoms with Crippen molar-refractivity contribution in [3.8, 4) is 5.75 Å². The minimum Gasteiger partial charge on any atom is -0.497 e. The maximum absolute atomic E-state index is 11.2. The van der Waals surface area contributed by atoms with Crippen LogP contribution in [0.2, 0.25) is 0 Å². The number of ether oxygens (including phenoxy) is 1. The molecule has 0 saturated carbocycles. The summed E-state index contributed by atoms with van der Waals surface area (Å²) in [6.45, 7) is 1.58. The minimum atomic E-state index is 0.101. The molecule has 2 aromatic rings. The van der Waals surface area contributed by atoms with E-state index in [0.717, 1.165) is 22.0 Å². The molecular weight excluding hydrogens is 256 g/mol. The van der Waals surface area contributed by atoms with Crippen LogP contribution in [0.5, 0.6) is 5.75 Å². The number of rotatable bonds is 5. The van der Waals surface area contributed by atoms with Crippen molar-refractivity contribution in [1.82, 2.24) is 0 Å². The molecule has 2 aromatic carbocycles. The molecule has 0 aliphatic rings. The van der Waals surface area contributed by atoms with Gasteiger partial charge in [-0.15, -0.1) is 11.8 Å². The molecule has 0 heterocycles. The van der Waals surface area contributed by atoms with Crippen molar-refractivity contribution in [2.24, 2.45) is 0 Å². The molecule has 0 atom stereocenters. The fourth-order valence-electron chi connectivity index (χ4n) is 1.71. The monoisotopic (exact) mass is 272 g/mol. The van der Waals surface area contributed by atoms with E-state index in [1.54, 1.807) is 25.8 Å². The van der Waals surface area contributed by atoms with E-state index in [2.05, 4.69) is 6.07 Å². The van der Waals surface area contributed by atoms with Gasteiger partial charge < -0.3 is 4.74 Å². The fraction of sp³-hybridized carbons (Fsp3) is 0.188. The second-order valence-electron chi connectivity index (χ2n) is 4.22. The Hall–Kier alpha value is -1.74. The van der Waals surface area contributed by atoms with E-state index >= 15 is 0 Å². The highest BCUT2D eigenvalue weighted by Gasteiger charge is 2.01. The summed E-state index contributed by atoms with van der Waals surface area (Å²) in [4.78, 5) is 12.3. The molecule has 0 spiro atoms. The Morgan fingerprint density at radius 1 is 1.16 bits per heavy atom. The Labute approximate surface area is 117 Å². The van der Waals surface area contributed by atoms with Gasteiger partial charge in [0.1, 0.15) is 5.75 Å². The van der Waals surface area contributed by atoms with Crippen LogP contribution in [0.4, 0.5) is 0 Å². The van der Waals surface area contributed by atoms with Crippen molar-refractivity contribution in [2.45, 2.75) is 17.6 Å². The van der Waals surface area contributed by atoms with Gasteiger partial charge in [-0.25, -0.2) is 0 Å². The summed E-state index contributed by atoms with van der Waals surface area (Å²) in [6, 6.07) is 15.8. The molecule has 0 aliphatic carbocycles. The van der Waals surface area contributed by atoms with Gasteiger partial charge in [-0.1, -0.05) is 24.3 Å². The van der Waals surface area contributed by atoms with Crippen molar-refractivity contribution in [1.29, 1.82) is 0 Å². The molecule has 0 saturated heterocycles. The molecular formula is C16H16O2S. The van der Waals surface area contributed by atoms with Crippen LogP contribution in [0.1, 0.15) is 22.8 Å². The third-order valence-electron chi connectivity index (χ3n) is 2.80. The predicted molar refractivity (Wildman–Crippen MR) is 79.0 cm³/mol. The third-order valence-corrected chi connectivity index (χ3v) is 3.88. The first-order valence-corrected chi connectivity index (χ1v) is 7.04. The lowest BCUT2D eigenvalue weighted by Gasteiger charge is -2.05. The van der Waals surface area contributed by atoms with Crippen molar-refractivity contribution in [3.63, 3.8) is 0 Å². The van der Waals surface area contributed by atoms with Gasteiger partial charge in [-0.2, -0.15) is 0 Å². The molecule has 0 bridgehead atoms. The van der Waals surface area contributed by atoms with Gasteiger partial charge in [0.05, 0.1) is 7.11 Å². The van der Waals surface area contributed by atoms with Crippen LogP contribution in [0.15, 0.2) is 53.4 Å². The van der Waals surface area contributed by atoms with Crippen LogP contribution < -0.4 is 4.74 Å². The highest BCUT2D eigenvalue weighted by molar-refractivity contribution is 7.98. The molecule has 98 valence electrons. The molecule has 2 rings (SSSR count). The number of thioether (sulfide) groups is 1. The summed E-state index contributed by atoms with van der Waals surface area (Å²) < 4.78 is 5.20. The van der Waals surface area contributed by atoms with Gasteiger partial charge in [0, 0.05) is 16.2 Å². The molecule has 0 radical (unpaired) electrons. The fourth-order valence-corrected chi connectivity index (χ4v) is 2.56. The summed E-state index contributed by atoms with van der Waals surface area (Å²) in [5.41, 5.74) is 1.98. The van der Waals surface area contributed by atoms with Crippen LogP contribution in [-0.2, 0) is 5.75 Å². The number of carbonyl (C=O) groups excluding carboxylic acids is 1. The van der Waals surface area contributed by atoms with Crippen LogP contribution >= 0.6 is 11.8 Å². The van der Waals surface area contributed by atoms with Crippen LogP contribution in [0.3, 0.4) is 0 Å². The zero-order valence-corrected chi connectivity index (χ0v) is 11.9. The van der Waals surface area contributed by atoms with Crippen LogP contribution in [0, 0.1) is 0 Å². The third kappa shape index (κ3) is 3.86. The van der Waals surface area contributed by atoms with Crippen molar-refractivity contribution in [3.05, 3.63) is 59.7 Å². The van der Waals surface area contributed by atoms with E-state index in [1.165, 1.54) is 5.56 Å². The Bertz CT molecular complexity index is 561. The number of ketones is 1. The maximum atomic E-state index is 11.2. The largest absolute Gasteiger partial charge is 0.497 e. The quantitative estimate of drug-likeness (QED) is 0.603. The normalized spacial score (nSPS) is 10.2. The second-order valence-corrected chi connectivity index (χ2v) is 5.27. The van der Waals surface area contributed by atoms with Gasteiger partial charge in [0.15, 0.2) is 5.78 Å². The molecule has 0 fully saturated rings. The zero-order chi connectivity index (χ0) is 13.7. The summed E-state index contributed by atoms with van der Waals surface area (Å²) in [7, 11) is 1.67. The topological polar surface area (TPSA) is 26.3 Å². The average molecular weight is 272 g/mol. The number of Topliss-reactive ketones (excluding diaryl/α,β-unsaturated/α-hetero) is 1. The Kier molecular flexibility index (Phi) is 4.63. The van der Waals surface area contributed by atoms with Gasteiger partial charge in [0.25, 0.3) is 0 Å². The first kappa shape index (κ1) is 13.7. The van der Waals surface area contributed by atoms with E-state index in [1.807, 2.05) is 42.5 Å². The van der Waals surface area contributed by atoms with Gasteiger partial charge in [0.2, 0.25) is 0 Å². The van der Waals surface area contributed by atoms with Crippen molar-refractivity contribution in [2.75, 3.05) is 7.11 Å². The Morgan fingerprint density at radius 3 is 2.53 bits per heavy atom. The first-order chi connectivity index (χ1) is 9.19. The summed E-state index contributed by atoms with van der Waals surface area (Å²) >= 11 is 1.75.